The molecule has 1 aromatic rings. The first-order chi connectivity index (χ1) is 8.06. The number of halogens is 1. The van der Waals surface area contributed by atoms with Crippen molar-refractivity contribution >= 4 is 27.7 Å². The van der Waals surface area contributed by atoms with Gasteiger partial charge in [-0.1, -0.05) is 28.1 Å². The van der Waals surface area contributed by atoms with Crippen molar-refractivity contribution in [2.24, 2.45) is 0 Å². The third kappa shape index (κ3) is 2.92. The Balaban J connectivity index is 2.16. The number of hydrogen-bond donors (Lipinski definition) is 1. The van der Waals surface area contributed by atoms with Gasteiger partial charge in [0.15, 0.2) is 0 Å². The summed E-state index contributed by atoms with van der Waals surface area (Å²) in [5, 5.41) is 2.30. The molecule has 1 heterocycles. The number of piperazine rings is 1. The van der Waals surface area contributed by atoms with E-state index in [0.29, 0.717) is 0 Å². The smallest absolute Gasteiger partial charge is 0.240 e. The van der Waals surface area contributed by atoms with Crippen LogP contribution < -0.4 is 5.32 Å². The first-order valence-electron chi connectivity index (χ1n) is 5.38. The zero-order valence-corrected chi connectivity index (χ0v) is 11.0. The van der Waals surface area contributed by atoms with Crippen molar-refractivity contribution in [2.45, 2.75) is 13.0 Å². The predicted molar refractivity (Wildman–Crippen MR) is 67.3 cm³/mol. The van der Waals surface area contributed by atoms with Crippen LogP contribution in [0.2, 0.25) is 0 Å². The molecule has 1 unspecified atom stereocenters. The van der Waals surface area contributed by atoms with Crippen molar-refractivity contribution in [3.63, 3.8) is 0 Å². The number of benzene rings is 1. The van der Waals surface area contributed by atoms with Gasteiger partial charge in [0.2, 0.25) is 11.8 Å². The van der Waals surface area contributed by atoms with Crippen LogP contribution in [-0.2, 0) is 9.59 Å². The van der Waals surface area contributed by atoms with Crippen LogP contribution in [0.3, 0.4) is 0 Å². The van der Waals surface area contributed by atoms with Crippen molar-refractivity contribution in [2.75, 3.05) is 13.1 Å². The lowest BCUT2D eigenvalue weighted by Gasteiger charge is -2.31. The van der Waals surface area contributed by atoms with Crippen LogP contribution >= 0.6 is 15.9 Å². The van der Waals surface area contributed by atoms with Gasteiger partial charge in [-0.2, -0.15) is 0 Å². The fourth-order valence-electron chi connectivity index (χ4n) is 1.91. The van der Waals surface area contributed by atoms with Gasteiger partial charge in [0, 0.05) is 10.5 Å². The summed E-state index contributed by atoms with van der Waals surface area (Å²) in [7, 11) is 0. The highest BCUT2D eigenvalue weighted by Gasteiger charge is 2.26. The van der Waals surface area contributed by atoms with Gasteiger partial charge < -0.3 is 0 Å². The molecule has 90 valence electrons. The van der Waals surface area contributed by atoms with E-state index in [2.05, 4.69) is 21.2 Å². The first kappa shape index (κ1) is 12.3. The molecule has 5 heteroatoms. The van der Waals surface area contributed by atoms with Crippen LogP contribution in [0.4, 0.5) is 0 Å². The van der Waals surface area contributed by atoms with E-state index in [1.54, 1.807) is 0 Å². The van der Waals surface area contributed by atoms with Crippen LogP contribution in [0.25, 0.3) is 0 Å². The summed E-state index contributed by atoms with van der Waals surface area (Å²) in [6.07, 6.45) is 0. The molecular weight excluding hydrogens is 284 g/mol. The topological polar surface area (TPSA) is 49.4 Å². The molecule has 0 saturated carbocycles. The second-order valence-corrected chi connectivity index (χ2v) is 5.02. The molecule has 0 aliphatic carbocycles. The standard InChI is InChI=1S/C12H13BrN2O2/c1-8(9-3-2-4-10(13)5-9)15-6-11(16)14-12(17)7-15/h2-5,8H,6-7H2,1H3,(H,14,16,17). The second kappa shape index (κ2) is 4.98. The Bertz CT molecular complexity index is 446. The zero-order chi connectivity index (χ0) is 12.4. The van der Waals surface area contributed by atoms with Crippen molar-refractivity contribution in [1.82, 2.24) is 10.2 Å². The van der Waals surface area contributed by atoms with E-state index in [9.17, 15) is 9.59 Å². The minimum Gasteiger partial charge on any atom is -0.294 e. The number of amides is 2. The van der Waals surface area contributed by atoms with Crippen LogP contribution in [0, 0.1) is 0 Å². The van der Waals surface area contributed by atoms with Crippen LogP contribution in [-0.4, -0.2) is 29.8 Å². The minimum atomic E-state index is -0.233. The molecule has 4 nitrogen and oxygen atoms in total. The van der Waals surface area contributed by atoms with E-state index in [1.165, 1.54) is 0 Å². The number of nitrogens with one attached hydrogen (secondary N) is 1. The van der Waals surface area contributed by atoms with Crippen LogP contribution in [0.1, 0.15) is 18.5 Å². The summed E-state index contributed by atoms with van der Waals surface area (Å²) in [4.78, 5) is 24.5. The number of imide groups is 1. The number of rotatable bonds is 2. The molecule has 2 amide bonds. The fourth-order valence-corrected chi connectivity index (χ4v) is 2.33. The molecule has 1 aliphatic heterocycles. The van der Waals surface area contributed by atoms with Gasteiger partial charge in [-0.15, -0.1) is 0 Å². The quantitative estimate of drug-likeness (QED) is 0.841. The maximum Gasteiger partial charge on any atom is 0.240 e. The summed E-state index contributed by atoms with van der Waals surface area (Å²) in [6, 6.07) is 7.93. The molecule has 1 aromatic carbocycles. The largest absolute Gasteiger partial charge is 0.294 e. The van der Waals surface area contributed by atoms with Crippen LogP contribution in [0.5, 0.6) is 0 Å². The van der Waals surface area contributed by atoms with Crippen molar-refractivity contribution < 1.29 is 9.59 Å². The fraction of sp³-hybridized carbons (Fsp3) is 0.333. The van der Waals surface area contributed by atoms with E-state index in [1.807, 2.05) is 36.1 Å². The maximum absolute atomic E-state index is 11.3. The van der Waals surface area contributed by atoms with Gasteiger partial charge in [0.1, 0.15) is 0 Å². The van der Waals surface area contributed by atoms with E-state index >= 15 is 0 Å². The molecule has 0 radical (unpaired) electrons. The Morgan fingerprint density at radius 2 is 1.94 bits per heavy atom. The average molecular weight is 297 g/mol. The van der Waals surface area contributed by atoms with Gasteiger partial charge in [-0.3, -0.25) is 19.8 Å². The molecular formula is C12H13BrN2O2. The van der Waals surface area contributed by atoms with E-state index < -0.39 is 0 Å². The molecule has 2 rings (SSSR count). The van der Waals surface area contributed by atoms with E-state index in [0.717, 1.165) is 10.0 Å². The Morgan fingerprint density at radius 1 is 1.29 bits per heavy atom. The molecule has 1 fully saturated rings. The molecule has 17 heavy (non-hydrogen) atoms. The van der Waals surface area contributed by atoms with Gasteiger partial charge in [0.05, 0.1) is 13.1 Å². The third-order valence-electron chi connectivity index (χ3n) is 2.85. The van der Waals surface area contributed by atoms with Gasteiger partial charge in [0.25, 0.3) is 0 Å². The lowest BCUT2D eigenvalue weighted by atomic mass is 10.1. The summed E-state index contributed by atoms with van der Waals surface area (Å²) in [5.74, 6) is -0.466. The Hall–Kier alpha value is -1.20. The van der Waals surface area contributed by atoms with Gasteiger partial charge >= 0.3 is 0 Å². The van der Waals surface area contributed by atoms with Gasteiger partial charge in [-0.25, -0.2) is 0 Å². The van der Waals surface area contributed by atoms with Crippen molar-refractivity contribution in [1.29, 1.82) is 0 Å². The highest BCUT2D eigenvalue weighted by atomic mass is 79.9. The Kier molecular flexibility index (Phi) is 3.59. The third-order valence-corrected chi connectivity index (χ3v) is 3.34. The van der Waals surface area contributed by atoms with Gasteiger partial charge in [-0.05, 0) is 24.6 Å². The molecule has 1 atom stereocenters. The Labute approximate surface area is 108 Å². The van der Waals surface area contributed by atoms with E-state index in [-0.39, 0.29) is 30.9 Å². The number of carbonyl (C=O) groups is 2. The van der Waals surface area contributed by atoms with Crippen molar-refractivity contribution in [3.05, 3.63) is 34.3 Å². The molecule has 1 saturated heterocycles. The summed E-state index contributed by atoms with van der Waals surface area (Å²) in [6.45, 7) is 2.52. The minimum absolute atomic E-state index is 0.0440. The number of carbonyl (C=O) groups excluding carboxylic acids is 2. The molecule has 0 bridgehead atoms. The SMILES string of the molecule is CC(c1cccc(Br)c1)N1CC(=O)NC(=O)C1. The lowest BCUT2D eigenvalue weighted by molar-refractivity contribution is -0.137. The molecule has 0 aromatic heterocycles. The predicted octanol–water partition coefficient (Wildman–Crippen LogP) is 1.47. The molecule has 1 N–H and O–H groups in total. The highest BCUT2D eigenvalue weighted by molar-refractivity contribution is 9.10. The monoisotopic (exact) mass is 296 g/mol. The molecule has 0 spiro atoms. The Morgan fingerprint density at radius 3 is 2.53 bits per heavy atom. The molecule has 1 aliphatic rings. The summed E-state index contributed by atoms with van der Waals surface area (Å²) >= 11 is 3.41. The lowest BCUT2D eigenvalue weighted by Crippen LogP contribution is -2.51. The number of hydrogen-bond acceptors (Lipinski definition) is 3. The summed E-state index contributed by atoms with van der Waals surface area (Å²) < 4.78 is 0.995. The highest BCUT2D eigenvalue weighted by Crippen LogP contribution is 2.23. The first-order valence-corrected chi connectivity index (χ1v) is 6.18. The zero-order valence-electron chi connectivity index (χ0n) is 9.44. The van der Waals surface area contributed by atoms with Crippen LogP contribution in [0.15, 0.2) is 28.7 Å². The van der Waals surface area contributed by atoms with Crippen molar-refractivity contribution in [3.8, 4) is 0 Å². The van der Waals surface area contributed by atoms with E-state index in [4.69, 9.17) is 0 Å². The maximum atomic E-state index is 11.3. The summed E-state index contributed by atoms with van der Waals surface area (Å²) in [5.41, 5.74) is 1.09. The normalized spacial score (nSPS) is 18.9. The number of nitrogens with zero attached hydrogens (tertiary/aromatic N) is 1. The second-order valence-electron chi connectivity index (χ2n) is 4.11. The average Bonchev–Trinajstić information content (AvgIpc) is 2.26.